The molecule has 86 valence electrons. The largest absolute Gasteiger partial charge is 0.303 e. The van der Waals surface area contributed by atoms with E-state index >= 15 is 0 Å². The summed E-state index contributed by atoms with van der Waals surface area (Å²) in [6.45, 7) is 3.93. The Labute approximate surface area is 95.7 Å². The Morgan fingerprint density at radius 3 is 2.81 bits per heavy atom. The van der Waals surface area contributed by atoms with Gasteiger partial charge in [0.05, 0.1) is 0 Å². The predicted molar refractivity (Wildman–Crippen MR) is 61.8 cm³/mol. The number of carbonyl (C=O) groups excluding carboxylic acids is 1. The smallest absolute Gasteiger partial charge is 0.125 e. The highest BCUT2D eigenvalue weighted by molar-refractivity contribution is 5.59. The quantitative estimate of drug-likeness (QED) is 0.700. The Bertz CT molecular complexity index is 409. The zero-order valence-electron chi connectivity index (χ0n) is 9.79. The van der Waals surface area contributed by atoms with Crippen molar-refractivity contribution in [2.45, 2.75) is 33.1 Å². The molecule has 0 aliphatic heterocycles. The van der Waals surface area contributed by atoms with Gasteiger partial charge < -0.3 is 4.79 Å². The van der Waals surface area contributed by atoms with Gasteiger partial charge in [-0.25, -0.2) is 4.39 Å². The number of benzene rings is 1. The van der Waals surface area contributed by atoms with E-state index < -0.39 is 0 Å². The number of aryl methyl sites for hydroxylation is 1. The van der Waals surface area contributed by atoms with Crippen LogP contribution in [-0.4, -0.2) is 6.29 Å². The maximum absolute atomic E-state index is 13.1. The highest BCUT2D eigenvalue weighted by Crippen LogP contribution is 2.36. The Morgan fingerprint density at radius 1 is 1.38 bits per heavy atom. The summed E-state index contributed by atoms with van der Waals surface area (Å²) in [6, 6.07) is 5.00. The van der Waals surface area contributed by atoms with E-state index in [0.717, 1.165) is 31.1 Å². The number of aldehydes is 1. The maximum atomic E-state index is 13.1. The van der Waals surface area contributed by atoms with E-state index in [2.05, 4.69) is 0 Å². The molecule has 1 aromatic rings. The summed E-state index contributed by atoms with van der Waals surface area (Å²) in [5, 5.41) is 0. The molecular weight excluding hydrogens is 203 g/mol. The number of halogens is 1. The Kier molecular flexibility index (Phi) is 2.83. The summed E-state index contributed by atoms with van der Waals surface area (Å²) in [4.78, 5) is 11.0. The number of fused-ring (bicyclic) bond motifs is 1. The number of carbonyl (C=O) groups is 1. The molecule has 1 aliphatic rings. The summed E-state index contributed by atoms with van der Waals surface area (Å²) in [5.41, 5.74) is 2.01. The van der Waals surface area contributed by atoms with Crippen LogP contribution in [0.4, 0.5) is 4.39 Å². The van der Waals surface area contributed by atoms with Crippen molar-refractivity contribution in [3.05, 3.63) is 35.1 Å². The normalized spacial score (nSPS) is 20.3. The lowest BCUT2D eigenvalue weighted by atomic mass is 9.70. The first-order valence-electron chi connectivity index (χ1n) is 5.76. The van der Waals surface area contributed by atoms with Crippen LogP contribution in [0.25, 0.3) is 0 Å². The lowest BCUT2D eigenvalue weighted by molar-refractivity contribution is -0.117. The summed E-state index contributed by atoms with van der Waals surface area (Å²) >= 11 is 0. The van der Waals surface area contributed by atoms with Crippen molar-refractivity contribution in [3.63, 3.8) is 0 Å². The van der Waals surface area contributed by atoms with Gasteiger partial charge >= 0.3 is 0 Å². The molecule has 2 heteroatoms. The van der Waals surface area contributed by atoms with Crippen molar-refractivity contribution in [2.24, 2.45) is 11.3 Å². The molecule has 0 amide bonds. The molecule has 1 aliphatic carbocycles. The molecular formula is C14H17FO. The summed E-state index contributed by atoms with van der Waals surface area (Å²) in [5.74, 6) is 0.155. The van der Waals surface area contributed by atoms with E-state index in [9.17, 15) is 9.18 Å². The van der Waals surface area contributed by atoms with Gasteiger partial charge in [-0.15, -0.1) is 0 Å². The molecule has 0 fully saturated rings. The van der Waals surface area contributed by atoms with E-state index in [1.165, 1.54) is 11.6 Å². The fourth-order valence-electron chi connectivity index (χ4n) is 2.46. The van der Waals surface area contributed by atoms with Crippen LogP contribution in [0.1, 0.15) is 31.4 Å². The fourth-order valence-corrected chi connectivity index (χ4v) is 2.46. The van der Waals surface area contributed by atoms with Crippen LogP contribution in [0.15, 0.2) is 18.2 Å². The van der Waals surface area contributed by atoms with Crippen LogP contribution in [0.3, 0.4) is 0 Å². The molecule has 0 aromatic heterocycles. The lowest BCUT2D eigenvalue weighted by Crippen LogP contribution is -2.30. The van der Waals surface area contributed by atoms with Gasteiger partial charge in [0.1, 0.15) is 12.1 Å². The van der Waals surface area contributed by atoms with Crippen molar-refractivity contribution in [1.82, 2.24) is 0 Å². The standard InChI is InChI=1S/C14H17FO/c1-14(2,9-16)12-5-3-10-4-6-13(15)8-11(10)7-12/h4,6,8-9,12H,3,5,7H2,1-2H3. The van der Waals surface area contributed by atoms with E-state index in [4.69, 9.17) is 0 Å². The summed E-state index contributed by atoms with van der Waals surface area (Å²) in [6.07, 6.45) is 3.82. The van der Waals surface area contributed by atoms with E-state index in [1.807, 2.05) is 19.9 Å². The topological polar surface area (TPSA) is 17.1 Å². The van der Waals surface area contributed by atoms with Gasteiger partial charge in [0.2, 0.25) is 0 Å². The van der Waals surface area contributed by atoms with E-state index in [0.29, 0.717) is 5.92 Å². The number of hydrogen-bond donors (Lipinski definition) is 0. The Balaban J connectivity index is 2.26. The number of rotatable bonds is 2. The first-order chi connectivity index (χ1) is 7.53. The average Bonchev–Trinajstić information content (AvgIpc) is 2.28. The lowest BCUT2D eigenvalue weighted by Gasteiger charge is -2.33. The monoisotopic (exact) mass is 220 g/mol. The SMILES string of the molecule is CC(C)(C=O)C1CCc2ccc(F)cc2C1. The molecule has 1 atom stereocenters. The van der Waals surface area contributed by atoms with E-state index in [-0.39, 0.29) is 11.2 Å². The third-order valence-corrected chi connectivity index (χ3v) is 3.75. The van der Waals surface area contributed by atoms with Crippen LogP contribution >= 0.6 is 0 Å². The zero-order chi connectivity index (χ0) is 11.8. The Hall–Kier alpha value is -1.18. The molecule has 0 radical (unpaired) electrons. The van der Waals surface area contributed by atoms with Crippen molar-refractivity contribution >= 4 is 6.29 Å². The summed E-state index contributed by atoms with van der Waals surface area (Å²) < 4.78 is 13.1. The van der Waals surface area contributed by atoms with Crippen LogP contribution in [0.2, 0.25) is 0 Å². The van der Waals surface area contributed by atoms with Gasteiger partial charge in [0.25, 0.3) is 0 Å². The molecule has 1 unspecified atom stereocenters. The molecule has 0 spiro atoms. The van der Waals surface area contributed by atoms with Gasteiger partial charge in [-0.05, 0) is 48.4 Å². The van der Waals surface area contributed by atoms with Gasteiger partial charge in [-0.2, -0.15) is 0 Å². The van der Waals surface area contributed by atoms with Gasteiger partial charge in [-0.1, -0.05) is 19.9 Å². The van der Waals surface area contributed by atoms with Crippen molar-refractivity contribution < 1.29 is 9.18 Å². The molecule has 2 rings (SSSR count). The summed E-state index contributed by atoms with van der Waals surface area (Å²) in [7, 11) is 0. The van der Waals surface area contributed by atoms with Gasteiger partial charge in [0, 0.05) is 5.41 Å². The van der Waals surface area contributed by atoms with Crippen LogP contribution in [-0.2, 0) is 17.6 Å². The average molecular weight is 220 g/mol. The molecule has 1 nitrogen and oxygen atoms in total. The minimum Gasteiger partial charge on any atom is -0.303 e. The molecule has 0 saturated heterocycles. The fraction of sp³-hybridized carbons (Fsp3) is 0.500. The molecule has 0 saturated carbocycles. The van der Waals surface area contributed by atoms with Crippen LogP contribution < -0.4 is 0 Å². The van der Waals surface area contributed by atoms with Crippen molar-refractivity contribution in [1.29, 1.82) is 0 Å². The van der Waals surface area contributed by atoms with Crippen molar-refractivity contribution in [3.8, 4) is 0 Å². The minimum absolute atomic E-state index is 0.177. The highest BCUT2D eigenvalue weighted by atomic mass is 19.1. The minimum atomic E-state index is -0.302. The Morgan fingerprint density at radius 2 is 2.12 bits per heavy atom. The molecule has 0 N–H and O–H groups in total. The van der Waals surface area contributed by atoms with Crippen LogP contribution in [0, 0.1) is 17.2 Å². The first kappa shape index (κ1) is 11.3. The van der Waals surface area contributed by atoms with Gasteiger partial charge in [-0.3, -0.25) is 0 Å². The predicted octanol–water partition coefficient (Wildman–Crippen LogP) is 3.16. The molecule has 1 aromatic carbocycles. The molecule has 0 heterocycles. The third kappa shape index (κ3) is 2.01. The zero-order valence-corrected chi connectivity index (χ0v) is 9.79. The second kappa shape index (κ2) is 4.00. The van der Waals surface area contributed by atoms with E-state index in [1.54, 1.807) is 6.07 Å². The second-order valence-corrected chi connectivity index (χ2v) is 5.29. The van der Waals surface area contributed by atoms with Gasteiger partial charge in [0.15, 0.2) is 0 Å². The highest BCUT2D eigenvalue weighted by Gasteiger charge is 2.32. The molecule has 0 bridgehead atoms. The van der Waals surface area contributed by atoms with Crippen molar-refractivity contribution in [2.75, 3.05) is 0 Å². The third-order valence-electron chi connectivity index (χ3n) is 3.75. The molecule has 16 heavy (non-hydrogen) atoms. The second-order valence-electron chi connectivity index (χ2n) is 5.29. The maximum Gasteiger partial charge on any atom is 0.125 e. The first-order valence-corrected chi connectivity index (χ1v) is 5.76. The van der Waals surface area contributed by atoms with Crippen LogP contribution in [0.5, 0.6) is 0 Å². The number of hydrogen-bond acceptors (Lipinski definition) is 1.